The van der Waals surface area contributed by atoms with E-state index in [0.29, 0.717) is 13.1 Å². The first-order valence-corrected chi connectivity index (χ1v) is 12.8. The molecular weight excluding hydrogens is 673 g/mol. The van der Waals surface area contributed by atoms with Crippen molar-refractivity contribution in [1.29, 1.82) is 0 Å². The van der Waals surface area contributed by atoms with Crippen molar-refractivity contribution in [3.05, 3.63) is 47.8 Å². The number of benzene rings is 2. The first-order valence-electron chi connectivity index (χ1n) is 11.9. The van der Waals surface area contributed by atoms with Gasteiger partial charge in [-0.25, -0.2) is 19.4 Å². The Bertz CT molecular complexity index is 1460. The number of hydrogen-bond acceptors (Lipinski definition) is 8. The standard InChI is InChI=1S/C19H21N3O2S.3C2HF3O2/c1-19(2,3)24-18(23)21-11-10-20-13-8-9-15-17(12-13)25-16-7-5-4-6-14(16)22-15;3*3-2(4,5)1(6)7/h4-9,12H,10-11H2,1-3H3,(H,21,23);3*(H,6,7). The fourth-order valence-corrected chi connectivity index (χ4v) is 3.40. The molecular formula is C25H24F9N3O8S. The Morgan fingerprint density at radius 3 is 1.78 bits per heavy atom. The number of alkyl carbamates (subject to hydrolysis) is 1. The molecule has 0 spiro atoms. The fourth-order valence-electron chi connectivity index (χ4n) is 2.38. The van der Waals surface area contributed by atoms with Gasteiger partial charge in [-0.3, -0.25) is 4.99 Å². The van der Waals surface area contributed by atoms with Crippen LogP contribution >= 0.6 is 11.3 Å². The number of halogens is 9. The van der Waals surface area contributed by atoms with Crippen LogP contribution in [-0.2, 0) is 19.1 Å². The summed E-state index contributed by atoms with van der Waals surface area (Å²) in [5, 5.41) is 26.6. The Hall–Kier alpha value is -4.69. The van der Waals surface area contributed by atoms with E-state index in [9.17, 15) is 44.3 Å². The first kappa shape index (κ1) is 41.3. The van der Waals surface area contributed by atoms with Gasteiger partial charge in [0.1, 0.15) is 16.4 Å². The molecule has 1 aliphatic heterocycles. The second-order valence-corrected chi connectivity index (χ2v) is 10.2. The molecule has 0 aromatic heterocycles. The Labute approximate surface area is 256 Å². The molecule has 1 aliphatic carbocycles. The Morgan fingerprint density at radius 2 is 1.35 bits per heavy atom. The average molecular weight is 698 g/mol. The largest absolute Gasteiger partial charge is 0.542 e. The van der Waals surface area contributed by atoms with Crippen molar-refractivity contribution in [3.63, 3.8) is 0 Å². The summed E-state index contributed by atoms with van der Waals surface area (Å²) in [6, 6.07) is 14.3. The average Bonchev–Trinajstić information content (AvgIpc) is 2.88. The van der Waals surface area contributed by atoms with E-state index in [0.717, 1.165) is 21.4 Å². The quantitative estimate of drug-likeness (QED) is 0.210. The number of ether oxygens (including phenoxy) is 1. The number of aliphatic carboxylic acids is 3. The van der Waals surface area contributed by atoms with Crippen LogP contribution < -0.4 is 20.8 Å². The van der Waals surface area contributed by atoms with Gasteiger partial charge in [-0.2, -0.15) is 39.5 Å². The zero-order chi connectivity index (χ0) is 36.1. The van der Waals surface area contributed by atoms with E-state index in [2.05, 4.69) is 33.5 Å². The van der Waals surface area contributed by atoms with Crippen molar-refractivity contribution in [2.24, 2.45) is 4.99 Å². The van der Waals surface area contributed by atoms with E-state index in [4.69, 9.17) is 34.4 Å². The summed E-state index contributed by atoms with van der Waals surface area (Å²) < 4.78 is 101. The van der Waals surface area contributed by atoms with E-state index in [1.165, 1.54) is 4.70 Å². The third-order valence-corrected chi connectivity index (χ3v) is 5.27. The zero-order valence-corrected chi connectivity index (χ0v) is 24.4. The lowest BCUT2D eigenvalue weighted by atomic mass is 10.2. The van der Waals surface area contributed by atoms with Crippen LogP contribution in [0.4, 0.5) is 44.3 Å². The number of fused-ring (bicyclic) bond motifs is 2. The number of carboxylic acid groups (broad SMARTS) is 3. The van der Waals surface area contributed by atoms with Gasteiger partial charge in [0.2, 0.25) is 11.2 Å². The lowest BCUT2D eigenvalue weighted by Gasteiger charge is -2.19. The maximum absolute atomic E-state index is 11.6. The molecule has 1 aromatic rings. The Morgan fingerprint density at radius 1 is 0.870 bits per heavy atom. The maximum Gasteiger partial charge on any atom is 0.490 e. The highest BCUT2D eigenvalue weighted by atomic mass is 32.1. The van der Waals surface area contributed by atoms with Gasteiger partial charge >= 0.3 is 36.6 Å². The van der Waals surface area contributed by atoms with Crippen LogP contribution in [-0.4, -0.2) is 71.4 Å². The van der Waals surface area contributed by atoms with Crippen LogP contribution in [0.1, 0.15) is 20.8 Å². The van der Waals surface area contributed by atoms with Crippen molar-refractivity contribution in [1.82, 2.24) is 5.32 Å². The van der Waals surface area contributed by atoms with Crippen LogP contribution in [0.5, 0.6) is 0 Å². The molecule has 1 heterocycles. The number of alkyl halides is 9. The van der Waals surface area contributed by atoms with Crippen molar-refractivity contribution in [2.75, 3.05) is 13.1 Å². The van der Waals surface area contributed by atoms with Gasteiger partial charge in [0, 0.05) is 18.7 Å². The van der Waals surface area contributed by atoms with Gasteiger partial charge in [-0.15, -0.1) is 11.3 Å². The maximum atomic E-state index is 11.6. The van der Waals surface area contributed by atoms with Gasteiger partial charge in [-0.1, -0.05) is 12.1 Å². The van der Waals surface area contributed by atoms with Crippen molar-refractivity contribution < 1.29 is 83.7 Å². The molecule has 11 nitrogen and oxygen atoms in total. The molecule has 0 saturated carbocycles. The van der Waals surface area contributed by atoms with E-state index in [1.807, 2.05) is 45.0 Å². The lowest BCUT2D eigenvalue weighted by molar-refractivity contribution is -0.344. The molecule has 1 aromatic carbocycles. The Kier molecular flexibility index (Phi) is 15.4. The number of aromatic amines is 1. The third-order valence-electron chi connectivity index (χ3n) is 4.13. The monoisotopic (exact) mass is 697 g/mol. The summed E-state index contributed by atoms with van der Waals surface area (Å²) in [7, 11) is 0. The molecule has 256 valence electrons. The number of carbonyl (C=O) groups excluding carboxylic acids is 2. The molecule has 3 rings (SSSR count). The lowest BCUT2D eigenvalue weighted by Crippen LogP contribution is -2.37. The first-order chi connectivity index (χ1) is 20.7. The molecule has 0 fully saturated rings. The molecule has 1 amide bonds. The van der Waals surface area contributed by atoms with E-state index in [-0.39, 0.29) is 0 Å². The number of para-hydroxylation sites is 1. The van der Waals surface area contributed by atoms with Crippen LogP contribution in [0.3, 0.4) is 0 Å². The number of nitrogens with one attached hydrogen (secondary N) is 2. The summed E-state index contributed by atoms with van der Waals surface area (Å²) in [5.41, 5.74) is 1.74. The third kappa shape index (κ3) is 17.6. The van der Waals surface area contributed by atoms with Crippen LogP contribution in [0.25, 0.3) is 20.8 Å². The summed E-state index contributed by atoms with van der Waals surface area (Å²) in [6.07, 6.45) is -15.8. The van der Waals surface area contributed by atoms with Gasteiger partial charge in [-0.05, 0) is 39.0 Å². The number of carboxylic acids is 3. The Balaban J connectivity index is 0.000000786. The summed E-state index contributed by atoms with van der Waals surface area (Å²) in [6.45, 7) is 6.47. The number of H-pyrrole nitrogens is 1. The van der Waals surface area contributed by atoms with Crippen LogP contribution in [0.2, 0.25) is 0 Å². The van der Waals surface area contributed by atoms with Crippen molar-refractivity contribution in [3.8, 4) is 10.6 Å². The van der Waals surface area contributed by atoms with Gasteiger partial charge in [0.05, 0.1) is 16.6 Å². The van der Waals surface area contributed by atoms with E-state index >= 15 is 0 Å². The number of rotatable bonds is 3. The molecule has 0 saturated heterocycles. The van der Waals surface area contributed by atoms with Gasteiger partial charge < -0.3 is 30.2 Å². The predicted octanol–water partition coefficient (Wildman–Crippen LogP) is 3.81. The number of aromatic nitrogens is 1. The van der Waals surface area contributed by atoms with Crippen LogP contribution in [0.15, 0.2) is 47.5 Å². The zero-order valence-electron chi connectivity index (χ0n) is 23.6. The molecule has 0 unspecified atom stereocenters. The molecule has 0 radical (unpaired) electrons. The van der Waals surface area contributed by atoms with Crippen LogP contribution in [0, 0.1) is 0 Å². The number of nitrogens with zero attached hydrogens (tertiary/aromatic N) is 1. The van der Waals surface area contributed by atoms with Crippen molar-refractivity contribution in [2.45, 2.75) is 44.9 Å². The number of amides is 1. The SMILES string of the molecule is CC(C)(C)OC(=O)NCCN=c1ccc2[nH+]c3ccccc3sc-2c1.O=C(O)C(F)(F)F.O=C(O)C(F)(F)F.O=C([O-])C(F)(F)F. The van der Waals surface area contributed by atoms with Crippen molar-refractivity contribution >= 4 is 45.6 Å². The summed E-state index contributed by atoms with van der Waals surface area (Å²) >= 11 is 1.73. The minimum absolute atomic E-state index is 0.412. The highest BCUT2D eigenvalue weighted by molar-refractivity contribution is 7.21. The van der Waals surface area contributed by atoms with E-state index in [1.54, 1.807) is 11.3 Å². The molecule has 4 N–H and O–H groups in total. The highest BCUT2D eigenvalue weighted by Crippen LogP contribution is 2.26. The smallest absolute Gasteiger partial charge is 0.490 e. The van der Waals surface area contributed by atoms with E-state index < -0.39 is 48.1 Å². The molecule has 2 aliphatic rings. The summed E-state index contributed by atoms with van der Waals surface area (Å²) in [5.74, 6) is -8.52. The highest BCUT2D eigenvalue weighted by Gasteiger charge is 2.38. The molecule has 46 heavy (non-hydrogen) atoms. The summed E-state index contributed by atoms with van der Waals surface area (Å²) in [4.78, 5) is 47.3. The minimum atomic E-state index is -5.19. The second-order valence-electron chi connectivity index (χ2n) is 9.11. The topological polar surface area (TPSA) is 180 Å². The molecule has 0 bridgehead atoms. The second kappa shape index (κ2) is 17.1. The molecule has 21 heteroatoms. The number of hydrogen-bond donors (Lipinski definition) is 3. The molecule has 0 atom stereocenters. The minimum Gasteiger partial charge on any atom is -0.542 e. The fraction of sp³-hybridized carbons (Fsp3) is 0.360. The van der Waals surface area contributed by atoms with Gasteiger partial charge in [0.15, 0.2) is 0 Å². The van der Waals surface area contributed by atoms with Gasteiger partial charge in [0.25, 0.3) is 0 Å². The number of carbonyl (C=O) groups is 4. The normalized spacial score (nSPS) is 12.0. The predicted molar refractivity (Wildman–Crippen MR) is 138 cm³/mol.